The molecule has 0 amide bonds. The molecule has 7 rings (SSSR count). The van der Waals surface area contributed by atoms with E-state index >= 15 is 0 Å². The minimum absolute atomic E-state index is 0.400. The molecule has 4 heterocycles. The van der Waals surface area contributed by atoms with Crippen molar-refractivity contribution in [3.8, 4) is 22.9 Å². The molecule has 1 aromatic heterocycles. The van der Waals surface area contributed by atoms with Gasteiger partial charge in [-0.25, -0.2) is 4.79 Å². The van der Waals surface area contributed by atoms with Gasteiger partial charge in [-0.1, -0.05) is 47.6 Å². The SMILES string of the molecule is O=c1[nH]c(-c2ccc3c(c2)Oc2ccccc2N3C2C[C@H]3CC[C@@H](C2)N3CCc2ccccc2)no1. The largest absolute Gasteiger partial charge is 0.453 e. The first-order valence-electron chi connectivity index (χ1n) is 12.8. The van der Waals surface area contributed by atoms with Gasteiger partial charge in [0.1, 0.15) is 0 Å². The molecule has 3 atom stereocenters. The van der Waals surface area contributed by atoms with Gasteiger partial charge in [0.2, 0.25) is 0 Å². The van der Waals surface area contributed by atoms with Crippen molar-refractivity contribution in [2.24, 2.45) is 0 Å². The molecule has 7 heteroatoms. The molecule has 36 heavy (non-hydrogen) atoms. The molecule has 3 aromatic carbocycles. The predicted molar refractivity (Wildman–Crippen MR) is 138 cm³/mol. The second-order valence-electron chi connectivity index (χ2n) is 10.0. The van der Waals surface area contributed by atoms with Crippen LogP contribution in [0.15, 0.2) is 82.1 Å². The van der Waals surface area contributed by atoms with E-state index in [-0.39, 0.29) is 0 Å². The maximum absolute atomic E-state index is 11.5. The maximum atomic E-state index is 11.5. The van der Waals surface area contributed by atoms with Crippen molar-refractivity contribution in [2.75, 3.05) is 11.4 Å². The topological polar surface area (TPSA) is 74.6 Å². The summed E-state index contributed by atoms with van der Waals surface area (Å²) in [7, 11) is 0. The van der Waals surface area contributed by atoms with Crippen LogP contribution in [0.4, 0.5) is 11.4 Å². The fraction of sp³-hybridized carbons (Fsp3) is 0.310. The normalized spacial score (nSPS) is 22.7. The fourth-order valence-corrected chi connectivity index (χ4v) is 6.40. The molecule has 2 saturated heterocycles. The summed E-state index contributed by atoms with van der Waals surface area (Å²) in [6.07, 6.45) is 5.92. The van der Waals surface area contributed by atoms with E-state index in [9.17, 15) is 4.79 Å². The quantitative estimate of drug-likeness (QED) is 0.406. The summed E-state index contributed by atoms with van der Waals surface area (Å²) in [5.74, 6) is 1.47. The van der Waals surface area contributed by atoms with Gasteiger partial charge in [0.15, 0.2) is 17.3 Å². The summed E-state index contributed by atoms with van der Waals surface area (Å²) in [4.78, 5) is 19.4. The van der Waals surface area contributed by atoms with E-state index in [2.05, 4.69) is 68.5 Å². The highest BCUT2D eigenvalue weighted by Crippen LogP contribution is 2.51. The average Bonchev–Trinajstić information content (AvgIpc) is 3.45. The van der Waals surface area contributed by atoms with Crippen LogP contribution in [0.1, 0.15) is 31.2 Å². The summed E-state index contributed by atoms with van der Waals surface area (Å²) >= 11 is 0. The highest BCUT2D eigenvalue weighted by Gasteiger charge is 2.44. The van der Waals surface area contributed by atoms with Crippen LogP contribution >= 0.6 is 0 Å². The number of ether oxygens (including phenoxy) is 1. The van der Waals surface area contributed by atoms with Gasteiger partial charge in [0.25, 0.3) is 0 Å². The third kappa shape index (κ3) is 3.71. The number of fused-ring (bicyclic) bond motifs is 4. The lowest BCUT2D eigenvalue weighted by Crippen LogP contribution is -2.50. The minimum atomic E-state index is -0.565. The Labute approximate surface area is 209 Å². The molecule has 3 aliphatic rings. The number of rotatable bonds is 5. The number of nitrogens with one attached hydrogen (secondary N) is 1. The Morgan fingerprint density at radius 3 is 2.39 bits per heavy atom. The van der Waals surface area contributed by atoms with E-state index in [1.165, 1.54) is 18.4 Å². The van der Waals surface area contributed by atoms with E-state index in [0.717, 1.165) is 54.2 Å². The lowest BCUT2D eigenvalue weighted by atomic mass is 9.93. The molecule has 0 spiro atoms. The molecule has 7 nitrogen and oxygen atoms in total. The Morgan fingerprint density at radius 1 is 0.861 bits per heavy atom. The number of aromatic nitrogens is 2. The number of piperidine rings is 1. The number of aromatic amines is 1. The highest BCUT2D eigenvalue weighted by molar-refractivity contribution is 5.80. The molecule has 2 bridgehead atoms. The Morgan fingerprint density at radius 2 is 1.61 bits per heavy atom. The molecular weight excluding hydrogens is 452 g/mol. The number of nitrogens with zero attached hydrogens (tertiary/aromatic N) is 3. The van der Waals surface area contributed by atoms with Gasteiger partial charge >= 0.3 is 5.76 Å². The maximum Gasteiger partial charge on any atom is 0.439 e. The number of anilines is 2. The second kappa shape index (κ2) is 8.68. The molecular formula is C29H28N4O3. The molecule has 0 aliphatic carbocycles. The predicted octanol–water partition coefficient (Wildman–Crippen LogP) is 5.51. The average molecular weight is 481 g/mol. The molecule has 1 unspecified atom stereocenters. The van der Waals surface area contributed by atoms with E-state index < -0.39 is 5.76 Å². The van der Waals surface area contributed by atoms with Gasteiger partial charge < -0.3 is 9.64 Å². The van der Waals surface area contributed by atoms with Gasteiger partial charge in [-0.05, 0) is 68.0 Å². The van der Waals surface area contributed by atoms with Crippen LogP contribution in [-0.2, 0) is 6.42 Å². The van der Waals surface area contributed by atoms with E-state index in [4.69, 9.17) is 9.26 Å². The van der Waals surface area contributed by atoms with Gasteiger partial charge in [0, 0.05) is 30.2 Å². The van der Waals surface area contributed by atoms with Crippen molar-refractivity contribution in [2.45, 2.75) is 50.2 Å². The number of H-pyrrole nitrogens is 1. The van der Waals surface area contributed by atoms with Crippen molar-refractivity contribution in [3.63, 3.8) is 0 Å². The number of benzene rings is 3. The summed E-state index contributed by atoms with van der Waals surface area (Å²) < 4.78 is 11.1. The summed E-state index contributed by atoms with van der Waals surface area (Å²) in [5, 5.41) is 3.85. The van der Waals surface area contributed by atoms with Crippen LogP contribution in [0.3, 0.4) is 0 Å². The molecule has 2 fully saturated rings. The Hall–Kier alpha value is -3.84. The fourth-order valence-electron chi connectivity index (χ4n) is 6.40. The van der Waals surface area contributed by atoms with Gasteiger partial charge in [0.05, 0.1) is 11.4 Å². The summed E-state index contributed by atoms with van der Waals surface area (Å²) in [6, 6.07) is 26.7. The zero-order valence-corrected chi connectivity index (χ0v) is 20.0. The van der Waals surface area contributed by atoms with E-state index in [1.54, 1.807) is 0 Å². The van der Waals surface area contributed by atoms with Crippen molar-refractivity contribution in [3.05, 3.63) is 88.9 Å². The van der Waals surface area contributed by atoms with Crippen LogP contribution in [-0.4, -0.2) is 39.7 Å². The molecule has 1 N–H and O–H groups in total. The van der Waals surface area contributed by atoms with Crippen molar-refractivity contribution >= 4 is 11.4 Å². The summed E-state index contributed by atoms with van der Waals surface area (Å²) in [6.45, 7) is 1.13. The summed E-state index contributed by atoms with van der Waals surface area (Å²) in [5.41, 5.74) is 4.36. The number of para-hydroxylation sites is 2. The first-order chi connectivity index (χ1) is 17.7. The van der Waals surface area contributed by atoms with Gasteiger partial charge in [-0.3, -0.25) is 14.4 Å². The second-order valence-corrected chi connectivity index (χ2v) is 10.0. The van der Waals surface area contributed by atoms with Crippen LogP contribution in [0.5, 0.6) is 11.5 Å². The van der Waals surface area contributed by atoms with Crippen molar-refractivity contribution in [1.82, 2.24) is 15.0 Å². The number of hydrogen-bond donors (Lipinski definition) is 1. The van der Waals surface area contributed by atoms with Gasteiger partial charge in [-0.15, -0.1) is 0 Å². The molecule has 3 aliphatic heterocycles. The molecule has 182 valence electrons. The Bertz CT molecular complexity index is 1430. The van der Waals surface area contributed by atoms with E-state index in [1.807, 2.05) is 24.3 Å². The number of hydrogen-bond acceptors (Lipinski definition) is 6. The van der Waals surface area contributed by atoms with Crippen molar-refractivity contribution in [1.29, 1.82) is 0 Å². The minimum Gasteiger partial charge on any atom is -0.453 e. The Balaban J connectivity index is 1.18. The standard InChI is InChI=1S/C29H28N4O3/c34-29-30-28(31-36-29)20-10-13-25-27(16-20)35-26-9-5-4-8-24(26)33(25)23-17-21-11-12-22(18-23)32(21)15-14-19-6-2-1-3-7-19/h1-10,13,16,21-23H,11-12,14-15,17-18H2,(H,30,31,34)/t21-,22+,23?. The van der Waals surface area contributed by atoms with Crippen LogP contribution in [0.25, 0.3) is 11.4 Å². The highest BCUT2D eigenvalue weighted by atomic mass is 16.5. The lowest BCUT2D eigenvalue weighted by Gasteiger charge is -2.46. The zero-order valence-electron chi connectivity index (χ0n) is 20.0. The van der Waals surface area contributed by atoms with Crippen molar-refractivity contribution < 1.29 is 9.26 Å². The lowest BCUT2D eigenvalue weighted by molar-refractivity contribution is 0.129. The monoisotopic (exact) mass is 480 g/mol. The smallest absolute Gasteiger partial charge is 0.439 e. The molecule has 0 radical (unpaired) electrons. The Kier molecular flexibility index (Phi) is 5.17. The van der Waals surface area contributed by atoms with Crippen LogP contribution in [0, 0.1) is 0 Å². The first kappa shape index (κ1) is 21.4. The third-order valence-electron chi connectivity index (χ3n) is 8.00. The van der Waals surface area contributed by atoms with Gasteiger partial charge in [-0.2, -0.15) is 0 Å². The first-order valence-corrected chi connectivity index (χ1v) is 12.8. The van der Waals surface area contributed by atoms with Crippen LogP contribution in [0.2, 0.25) is 0 Å². The molecule has 4 aromatic rings. The third-order valence-corrected chi connectivity index (χ3v) is 8.00. The zero-order chi connectivity index (χ0) is 24.1. The van der Waals surface area contributed by atoms with E-state index in [0.29, 0.717) is 23.9 Å². The van der Waals surface area contributed by atoms with Crippen LogP contribution < -0.4 is 15.4 Å². The molecule has 0 saturated carbocycles.